The van der Waals surface area contributed by atoms with Crippen molar-refractivity contribution in [1.82, 2.24) is 15.1 Å². The van der Waals surface area contributed by atoms with Gasteiger partial charge >= 0.3 is 0 Å². The van der Waals surface area contributed by atoms with Gasteiger partial charge in [-0.1, -0.05) is 17.7 Å². The number of rotatable bonds is 3. The SMILES string of the molecule is Cc1cc(C)c(Nc2ccc(C(=O)N3CCCCC3)nn2)c(Cl)c1. The molecule has 2 heterocycles. The summed E-state index contributed by atoms with van der Waals surface area (Å²) in [6, 6.07) is 7.43. The molecule has 1 amide bonds. The number of nitrogens with one attached hydrogen (secondary N) is 1. The number of aryl methyl sites for hydroxylation is 2. The Morgan fingerprint density at radius 3 is 2.50 bits per heavy atom. The van der Waals surface area contributed by atoms with E-state index in [1.165, 1.54) is 6.42 Å². The number of aromatic nitrogens is 2. The number of likely N-dealkylation sites (tertiary alicyclic amines) is 1. The third-order valence-electron chi connectivity index (χ3n) is 4.21. The Morgan fingerprint density at radius 1 is 1.12 bits per heavy atom. The maximum absolute atomic E-state index is 12.4. The molecule has 5 nitrogen and oxygen atoms in total. The van der Waals surface area contributed by atoms with E-state index in [1.807, 2.05) is 24.8 Å². The van der Waals surface area contributed by atoms with Gasteiger partial charge in [0.05, 0.1) is 10.7 Å². The molecule has 0 aliphatic carbocycles. The second-order valence-electron chi connectivity index (χ2n) is 6.22. The molecule has 126 valence electrons. The first-order chi connectivity index (χ1) is 11.5. The molecule has 1 saturated heterocycles. The molecule has 1 aromatic heterocycles. The summed E-state index contributed by atoms with van der Waals surface area (Å²) in [5.74, 6) is 0.525. The Bertz CT molecular complexity index is 716. The number of hydrogen-bond donors (Lipinski definition) is 1. The van der Waals surface area contributed by atoms with Crippen LogP contribution in [0.3, 0.4) is 0 Å². The Kier molecular flexibility index (Phi) is 5.00. The number of amides is 1. The minimum atomic E-state index is -0.0432. The van der Waals surface area contributed by atoms with Gasteiger partial charge in [-0.3, -0.25) is 4.79 Å². The first-order valence-electron chi connectivity index (χ1n) is 8.21. The molecule has 0 radical (unpaired) electrons. The van der Waals surface area contributed by atoms with Crippen molar-refractivity contribution in [2.45, 2.75) is 33.1 Å². The van der Waals surface area contributed by atoms with Gasteiger partial charge in [0, 0.05) is 13.1 Å². The van der Waals surface area contributed by atoms with Crippen molar-refractivity contribution in [2.24, 2.45) is 0 Å². The smallest absolute Gasteiger partial charge is 0.274 e. The van der Waals surface area contributed by atoms with E-state index in [4.69, 9.17) is 11.6 Å². The lowest BCUT2D eigenvalue weighted by Gasteiger charge is -2.26. The van der Waals surface area contributed by atoms with Gasteiger partial charge in [-0.05, 0) is 62.4 Å². The van der Waals surface area contributed by atoms with Gasteiger partial charge in [-0.15, -0.1) is 10.2 Å². The predicted molar refractivity (Wildman–Crippen MR) is 96.0 cm³/mol. The van der Waals surface area contributed by atoms with Gasteiger partial charge in [0.2, 0.25) is 0 Å². The van der Waals surface area contributed by atoms with E-state index >= 15 is 0 Å². The number of carbonyl (C=O) groups is 1. The van der Waals surface area contributed by atoms with Crippen LogP contribution in [0.1, 0.15) is 40.9 Å². The molecule has 6 heteroatoms. The van der Waals surface area contributed by atoms with Gasteiger partial charge in [0.1, 0.15) is 0 Å². The number of anilines is 2. The molecular formula is C18H21ClN4O. The molecule has 0 bridgehead atoms. The molecule has 1 aromatic carbocycles. The lowest BCUT2D eigenvalue weighted by molar-refractivity contribution is 0.0717. The van der Waals surface area contributed by atoms with Gasteiger partial charge in [-0.2, -0.15) is 0 Å². The highest BCUT2D eigenvalue weighted by atomic mass is 35.5. The van der Waals surface area contributed by atoms with Crippen molar-refractivity contribution in [3.8, 4) is 0 Å². The summed E-state index contributed by atoms with van der Waals surface area (Å²) < 4.78 is 0. The monoisotopic (exact) mass is 344 g/mol. The van der Waals surface area contributed by atoms with Crippen LogP contribution in [0.2, 0.25) is 5.02 Å². The van der Waals surface area contributed by atoms with Crippen LogP contribution in [0.25, 0.3) is 0 Å². The standard InChI is InChI=1S/C18H21ClN4O/c1-12-10-13(2)17(14(19)11-12)20-16-7-6-15(21-22-16)18(24)23-8-4-3-5-9-23/h6-7,10-11H,3-5,8-9H2,1-2H3,(H,20,22). The summed E-state index contributed by atoms with van der Waals surface area (Å²) in [6.45, 7) is 5.60. The Morgan fingerprint density at radius 2 is 1.88 bits per heavy atom. The van der Waals surface area contributed by atoms with Crippen LogP contribution in [0.5, 0.6) is 0 Å². The van der Waals surface area contributed by atoms with Gasteiger partial charge in [-0.25, -0.2) is 0 Å². The molecule has 24 heavy (non-hydrogen) atoms. The van der Waals surface area contributed by atoms with Crippen molar-refractivity contribution in [3.05, 3.63) is 46.1 Å². The number of hydrogen-bond acceptors (Lipinski definition) is 4. The average Bonchev–Trinajstić information content (AvgIpc) is 2.59. The zero-order valence-electron chi connectivity index (χ0n) is 14.0. The maximum Gasteiger partial charge on any atom is 0.274 e. The molecule has 0 spiro atoms. The molecule has 0 unspecified atom stereocenters. The van der Waals surface area contributed by atoms with Crippen molar-refractivity contribution < 1.29 is 4.79 Å². The van der Waals surface area contributed by atoms with Crippen LogP contribution < -0.4 is 5.32 Å². The summed E-state index contributed by atoms with van der Waals surface area (Å²) in [6.07, 6.45) is 3.31. The lowest BCUT2D eigenvalue weighted by atomic mass is 10.1. The van der Waals surface area contributed by atoms with Gasteiger partial charge < -0.3 is 10.2 Å². The highest BCUT2D eigenvalue weighted by Gasteiger charge is 2.19. The highest BCUT2D eigenvalue weighted by Crippen LogP contribution is 2.29. The molecule has 0 atom stereocenters. The molecule has 3 rings (SSSR count). The molecule has 0 saturated carbocycles. The van der Waals surface area contributed by atoms with E-state index in [-0.39, 0.29) is 5.91 Å². The van der Waals surface area contributed by atoms with Crippen LogP contribution in [0.15, 0.2) is 24.3 Å². The van der Waals surface area contributed by atoms with Crippen molar-refractivity contribution in [3.63, 3.8) is 0 Å². The number of nitrogens with zero attached hydrogens (tertiary/aromatic N) is 3. The summed E-state index contributed by atoms with van der Waals surface area (Å²) in [5, 5.41) is 12.0. The zero-order valence-corrected chi connectivity index (χ0v) is 14.7. The van der Waals surface area contributed by atoms with Crippen molar-refractivity contribution in [1.29, 1.82) is 0 Å². The molecule has 2 aromatic rings. The van der Waals surface area contributed by atoms with Crippen LogP contribution in [-0.4, -0.2) is 34.1 Å². The van der Waals surface area contributed by atoms with Gasteiger partial charge in [0.25, 0.3) is 5.91 Å². The maximum atomic E-state index is 12.4. The first-order valence-corrected chi connectivity index (χ1v) is 8.59. The minimum Gasteiger partial charge on any atom is -0.337 e. The largest absolute Gasteiger partial charge is 0.337 e. The second kappa shape index (κ2) is 7.18. The number of piperidine rings is 1. The second-order valence-corrected chi connectivity index (χ2v) is 6.63. The number of carbonyl (C=O) groups excluding carboxylic acids is 1. The predicted octanol–water partition coefficient (Wildman–Crippen LogP) is 4.12. The van der Waals surface area contributed by atoms with Gasteiger partial charge in [0.15, 0.2) is 11.5 Å². The van der Waals surface area contributed by atoms with E-state index in [2.05, 4.69) is 21.6 Å². The Labute approximate surface area is 147 Å². The van der Waals surface area contributed by atoms with Crippen molar-refractivity contribution in [2.75, 3.05) is 18.4 Å². The highest BCUT2D eigenvalue weighted by molar-refractivity contribution is 6.33. The van der Waals surface area contributed by atoms with Crippen LogP contribution >= 0.6 is 11.6 Å². The molecule has 1 aliphatic heterocycles. The fraction of sp³-hybridized carbons (Fsp3) is 0.389. The Hall–Kier alpha value is -2.14. The lowest BCUT2D eigenvalue weighted by Crippen LogP contribution is -2.36. The van der Waals surface area contributed by atoms with Crippen LogP contribution in [0, 0.1) is 13.8 Å². The molecular weight excluding hydrogens is 324 g/mol. The normalized spacial score (nSPS) is 14.5. The van der Waals surface area contributed by atoms with E-state index in [1.54, 1.807) is 12.1 Å². The topological polar surface area (TPSA) is 58.1 Å². The number of halogens is 1. The number of benzene rings is 1. The average molecular weight is 345 g/mol. The van der Waals surface area contributed by atoms with E-state index < -0.39 is 0 Å². The van der Waals surface area contributed by atoms with E-state index in [0.717, 1.165) is 42.7 Å². The minimum absolute atomic E-state index is 0.0432. The molecule has 1 aliphatic rings. The zero-order chi connectivity index (χ0) is 17.1. The fourth-order valence-electron chi connectivity index (χ4n) is 2.97. The third kappa shape index (κ3) is 3.67. The first kappa shape index (κ1) is 16.7. The third-order valence-corrected chi connectivity index (χ3v) is 4.51. The summed E-state index contributed by atoms with van der Waals surface area (Å²) in [7, 11) is 0. The quantitative estimate of drug-likeness (QED) is 0.910. The fourth-order valence-corrected chi connectivity index (χ4v) is 3.34. The Balaban J connectivity index is 1.74. The summed E-state index contributed by atoms with van der Waals surface area (Å²) >= 11 is 6.30. The van der Waals surface area contributed by atoms with Crippen LogP contribution in [0.4, 0.5) is 11.5 Å². The van der Waals surface area contributed by atoms with Crippen LogP contribution in [-0.2, 0) is 0 Å². The van der Waals surface area contributed by atoms with Crippen molar-refractivity contribution >= 4 is 29.0 Å². The summed E-state index contributed by atoms with van der Waals surface area (Å²) in [5.41, 5.74) is 3.34. The van der Waals surface area contributed by atoms with E-state index in [0.29, 0.717) is 16.5 Å². The molecule has 1 fully saturated rings. The molecule has 1 N–H and O–H groups in total. The summed E-state index contributed by atoms with van der Waals surface area (Å²) in [4.78, 5) is 14.2. The van der Waals surface area contributed by atoms with E-state index in [9.17, 15) is 4.79 Å².